The number of methoxy groups -OCH3 is 1. The monoisotopic (exact) mass is 322 g/mol. The Morgan fingerprint density at radius 3 is 2.83 bits per heavy atom. The molecule has 0 radical (unpaired) electrons. The number of aromatic nitrogens is 2. The minimum absolute atomic E-state index is 0.0468. The molecular weight excluding hydrogens is 296 g/mol. The third-order valence-corrected chi connectivity index (χ3v) is 4.08. The lowest BCUT2D eigenvalue weighted by Gasteiger charge is -2.43. The van der Waals surface area contributed by atoms with Crippen LogP contribution in [0.3, 0.4) is 0 Å². The van der Waals surface area contributed by atoms with Crippen molar-refractivity contribution in [3.8, 4) is 0 Å². The van der Waals surface area contributed by atoms with Gasteiger partial charge >= 0.3 is 0 Å². The van der Waals surface area contributed by atoms with Crippen LogP contribution < -0.4 is 9.80 Å². The summed E-state index contributed by atoms with van der Waals surface area (Å²) in [4.78, 5) is 13.6. The smallest absolute Gasteiger partial charge is 0.227 e. The lowest BCUT2D eigenvalue weighted by Crippen LogP contribution is -2.54. The van der Waals surface area contributed by atoms with Gasteiger partial charge in [-0.25, -0.2) is 4.98 Å². The SMILES string of the molecule is COC[C@H]1CN(c2ccnc(N3CCOCC3)n2)CC(C)(C)O1. The minimum atomic E-state index is -0.231. The van der Waals surface area contributed by atoms with E-state index < -0.39 is 0 Å². The van der Waals surface area contributed by atoms with Gasteiger partial charge in [0.1, 0.15) is 5.82 Å². The molecule has 3 heterocycles. The molecule has 0 saturated carbocycles. The summed E-state index contributed by atoms with van der Waals surface area (Å²) in [5.74, 6) is 1.72. The maximum Gasteiger partial charge on any atom is 0.227 e. The lowest BCUT2D eigenvalue weighted by atomic mass is 10.1. The molecule has 0 aliphatic carbocycles. The summed E-state index contributed by atoms with van der Waals surface area (Å²) in [5.41, 5.74) is -0.231. The maximum atomic E-state index is 6.08. The molecule has 0 amide bonds. The zero-order chi connectivity index (χ0) is 16.3. The van der Waals surface area contributed by atoms with Gasteiger partial charge in [-0.1, -0.05) is 0 Å². The Morgan fingerprint density at radius 2 is 2.09 bits per heavy atom. The highest BCUT2D eigenvalue weighted by Gasteiger charge is 2.34. The quantitative estimate of drug-likeness (QED) is 0.817. The van der Waals surface area contributed by atoms with Crippen molar-refractivity contribution in [2.45, 2.75) is 25.6 Å². The number of hydrogen-bond donors (Lipinski definition) is 0. The maximum absolute atomic E-state index is 6.08. The van der Waals surface area contributed by atoms with Crippen LogP contribution in [0.2, 0.25) is 0 Å². The van der Waals surface area contributed by atoms with Crippen LogP contribution in [0.1, 0.15) is 13.8 Å². The molecule has 128 valence electrons. The average Bonchev–Trinajstić information content (AvgIpc) is 2.55. The van der Waals surface area contributed by atoms with E-state index in [2.05, 4.69) is 28.6 Å². The molecule has 1 aromatic heterocycles. The van der Waals surface area contributed by atoms with Crippen molar-refractivity contribution in [1.82, 2.24) is 9.97 Å². The molecular formula is C16H26N4O3. The first kappa shape index (κ1) is 16.4. The van der Waals surface area contributed by atoms with E-state index in [0.717, 1.165) is 51.2 Å². The first-order valence-electron chi connectivity index (χ1n) is 8.15. The van der Waals surface area contributed by atoms with E-state index >= 15 is 0 Å². The van der Waals surface area contributed by atoms with Gasteiger partial charge in [0.2, 0.25) is 5.95 Å². The Balaban J connectivity index is 1.77. The highest BCUT2D eigenvalue weighted by Crippen LogP contribution is 2.26. The van der Waals surface area contributed by atoms with E-state index in [1.807, 2.05) is 12.3 Å². The molecule has 2 fully saturated rings. The van der Waals surface area contributed by atoms with Gasteiger partial charge in [-0.05, 0) is 19.9 Å². The van der Waals surface area contributed by atoms with Gasteiger partial charge in [0.15, 0.2) is 0 Å². The summed E-state index contributed by atoms with van der Waals surface area (Å²) < 4.78 is 16.7. The summed E-state index contributed by atoms with van der Waals surface area (Å²) >= 11 is 0. The molecule has 2 aliphatic rings. The fourth-order valence-corrected chi connectivity index (χ4v) is 3.17. The Hall–Kier alpha value is -1.44. The number of nitrogens with zero attached hydrogens (tertiary/aromatic N) is 4. The second kappa shape index (κ2) is 6.98. The molecule has 2 saturated heterocycles. The van der Waals surface area contributed by atoms with Crippen LogP contribution in [0.25, 0.3) is 0 Å². The first-order chi connectivity index (χ1) is 11.1. The van der Waals surface area contributed by atoms with Crippen LogP contribution >= 0.6 is 0 Å². The van der Waals surface area contributed by atoms with Gasteiger partial charge in [-0.15, -0.1) is 0 Å². The molecule has 0 bridgehead atoms. The topological polar surface area (TPSA) is 60.0 Å². The predicted molar refractivity (Wildman–Crippen MR) is 88.1 cm³/mol. The molecule has 0 N–H and O–H groups in total. The summed E-state index contributed by atoms with van der Waals surface area (Å²) in [5, 5.41) is 0. The molecule has 1 aromatic rings. The normalized spacial score (nSPS) is 24.7. The first-order valence-corrected chi connectivity index (χ1v) is 8.15. The number of morpholine rings is 2. The van der Waals surface area contributed by atoms with Crippen molar-refractivity contribution < 1.29 is 14.2 Å². The lowest BCUT2D eigenvalue weighted by molar-refractivity contribution is -0.106. The van der Waals surface area contributed by atoms with Crippen LogP contribution in [-0.4, -0.2) is 74.8 Å². The Labute approximate surface area is 137 Å². The van der Waals surface area contributed by atoms with Crippen molar-refractivity contribution in [2.75, 3.05) is 62.9 Å². The highest BCUT2D eigenvalue weighted by molar-refractivity contribution is 5.45. The third-order valence-electron chi connectivity index (χ3n) is 4.08. The standard InChI is InChI=1S/C16H26N4O3/c1-16(2)12-20(10-13(23-16)11-21-3)14-4-5-17-15(18-14)19-6-8-22-9-7-19/h4-5,13H,6-12H2,1-3H3/t13-/m1/s1. The summed E-state index contributed by atoms with van der Waals surface area (Å²) in [6.07, 6.45) is 1.88. The van der Waals surface area contributed by atoms with Crippen LogP contribution in [0.15, 0.2) is 12.3 Å². The van der Waals surface area contributed by atoms with Crippen molar-refractivity contribution >= 4 is 11.8 Å². The van der Waals surface area contributed by atoms with E-state index in [-0.39, 0.29) is 11.7 Å². The van der Waals surface area contributed by atoms with Crippen LogP contribution in [0.4, 0.5) is 11.8 Å². The van der Waals surface area contributed by atoms with Gasteiger partial charge in [0.05, 0.1) is 31.5 Å². The third kappa shape index (κ3) is 4.10. The Kier molecular flexibility index (Phi) is 4.99. The van der Waals surface area contributed by atoms with E-state index in [4.69, 9.17) is 19.2 Å². The van der Waals surface area contributed by atoms with Crippen LogP contribution in [0.5, 0.6) is 0 Å². The zero-order valence-electron chi connectivity index (χ0n) is 14.2. The van der Waals surface area contributed by atoms with Crippen LogP contribution in [0, 0.1) is 0 Å². The molecule has 0 spiro atoms. The predicted octanol–water partition coefficient (Wildman–Crippen LogP) is 0.943. The Bertz CT molecular complexity index is 520. The number of anilines is 2. The van der Waals surface area contributed by atoms with Gasteiger partial charge in [0, 0.05) is 39.5 Å². The van der Waals surface area contributed by atoms with E-state index in [1.165, 1.54) is 0 Å². The molecule has 23 heavy (non-hydrogen) atoms. The van der Waals surface area contributed by atoms with Crippen molar-refractivity contribution in [3.05, 3.63) is 12.3 Å². The van der Waals surface area contributed by atoms with Crippen molar-refractivity contribution in [1.29, 1.82) is 0 Å². The molecule has 7 nitrogen and oxygen atoms in total. The number of ether oxygens (including phenoxy) is 3. The molecule has 3 rings (SSSR count). The average molecular weight is 322 g/mol. The van der Waals surface area contributed by atoms with Gasteiger partial charge in [-0.3, -0.25) is 0 Å². The summed E-state index contributed by atoms with van der Waals surface area (Å²) in [7, 11) is 1.70. The molecule has 2 aliphatic heterocycles. The number of hydrogen-bond acceptors (Lipinski definition) is 7. The van der Waals surface area contributed by atoms with E-state index in [9.17, 15) is 0 Å². The molecule has 1 atom stereocenters. The van der Waals surface area contributed by atoms with Gasteiger partial charge in [-0.2, -0.15) is 4.98 Å². The summed E-state index contributed by atoms with van der Waals surface area (Å²) in [6.45, 7) is 9.50. The molecule has 0 aromatic carbocycles. The fraction of sp³-hybridized carbons (Fsp3) is 0.750. The minimum Gasteiger partial charge on any atom is -0.382 e. The number of rotatable bonds is 4. The molecule has 7 heteroatoms. The van der Waals surface area contributed by atoms with Crippen LogP contribution in [-0.2, 0) is 14.2 Å². The second-order valence-corrected chi connectivity index (χ2v) is 6.65. The fourth-order valence-electron chi connectivity index (χ4n) is 3.17. The van der Waals surface area contributed by atoms with Crippen molar-refractivity contribution in [2.24, 2.45) is 0 Å². The zero-order valence-corrected chi connectivity index (χ0v) is 14.2. The van der Waals surface area contributed by atoms with Crippen molar-refractivity contribution in [3.63, 3.8) is 0 Å². The van der Waals surface area contributed by atoms with E-state index in [0.29, 0.717) is 6.61 Å². The highest BCUT2D eigenvalue weighted by atomic mass is 16.5. The van der Waals surface area contributed by atoms with E-state index in [1.54, 1.807) is 7.11 Å². The molecule has 0 unspecified atom stereocenters. The van der Waals surface area contributed by atoms with Gasteiger partial charge < -0.3 is 24.0 Å². The second-order valence-electron chi connectivity index (χ2n) is 6.65. The Morgan fingerprint density at radius 1 is 1.30 bits per heavy atom. The van der Waals surface area contributed by atoms with Gasteiger partial charge in [0.25, 0.3) is 0 Å². The summed E-state index contributed by atoms with van der Waals surface area (Å²) in [6, 6.07) is 1.97. The largest absolute Gasteiger partial charge is 0.382 e.